The van der Waals surface area contributed by atoms with Crippen LogP contribution in [0.2, 0.25) is 0 Å². The molecule has 2 aromatic heterocycles. The molecule has 1 aliphatic rings. The first-order valence-corrected chi connectivity index (χ1v) is 8.50. The molecule has 0 saturated heterocycles. The molecule has 0 radical (unpaired) electrons. The van der Waals surface area contributed by atoms with Crippen molar-refractivity contribution in [2.24, 2.45) is 7.05 Å². The number of fused-ring (bicyclic) bond motifs is 2. The lowest BCUT2D eigenvalue weighted by molar-refractivity contribution is 0.0790. The van der Waals surface area contributed by atoms with Crippen LogP contribution in [0.3, 0.4) is 0 Å². The molecule has 3 heterocycles. The summed E-state index contributed by atoms with van der Waals surface area (Å²) in [5, 5.41) is 8.10. The Labute approximate surface area is 150 Å². The van der Waals surface area contributed by atoms with Gasteiger partial charge >= 0.3 is 0 Å². The Balaban J connectivity index is 1.52. The quantitative estimate of drug-likeness (QED) is 0.781. The first-order chi connectivity index (χ1) is 12.5. The third-order valence-corrected chi connectivity index (χ3v) is 4.40. The second-order valence-corrected chi connectivity index (χ2v) is 6.43. The van der Waals surface area contributed by atoms with Crippen molar-refractivity contribution in [2.75, 3.05) is 13.2 Å². The number of rotatable bonds is 3. The topological polar surface area (TPSA) is 78.3 Å². The number of aryl methyl sites for hydroxylation is 3. The number of nitrogens with zero attached hydrogens (tertiary/aromatic N) is 3. The Morgan fingerprint density at radius 1 is 1.31 bits per heavy atom. The zero-order valence-electron chi connectivity index (χ0n) is 14.9. The van der Waals surface area contributed by atoms with Gasteiger partial charge in [0.15, 0.2) is 17.1 Å². The minimum absolute atomic E-state index is 0.168. The summed E-state index contributed by atoms with van der Waals surface area (Å²) in [5.41, 5.74) is 2.84. The van der Waals surface area contributed by atoms with Crippen molar-refractivity contribution >= 4 is 16.9 Å². The molecule has 0 aliphatic carbocycles. The van der Waals surface area contributed by atoms with Gasteiger partial charge in [-0.2, -0.15) is 5.10 Å². The third-order valence-electron chi connectivity index (χ3n) is 4.40. The van der Waals surface area contributed by atoms with E-state index in [1.165, 1.54) is 0 Å². The highest BCUT2D eigenvalue weighted by Crippen LogP contribution is 2.30. The lowest BCUT2D eigenvalue weighted by atomic mass is 10.1. The number of benzene rings is 1. The van der Waals surface area contributed by atoms with Crippen LogP contribution in [-0.2, 0) is 7.05 Å². The molecule has 3 aromatic rings. The van der Waals surface area contributed by atoms with E-state index >= 15 is 0 Å². The number of nitrogens with one attached hydrogen (secondary N) is 1. The standard InChI is InChI=1S/C19H20N4O3/c1-11-8-14(17-12(2)22-23(3)18(17)21-11)19(24)20-9-13-10-25-15-6-4-5-7-16(15)26-13/h4-8,13H,9-10H2,1-3H3,(H,20,24). The average molecular weight is 352 g/mol. The molecule has 1 amide bonds. The maximum Gasteiger partial charge on any atom is 0.252 e. The highest BCUT2D eigenvalue weighted by atomic mass is 16.6. The van der Waals surface area contributed by atoms with Crippen molar-refractivity contribution in [3.05, 3.63) is 47.3 Å². The second-order valence-electron chi connectivity index (χ2n) is 6.43. The maximum atomic E-state index is 12.8. The highest BCUT2D eigenvalue weighted by molar-refractivity contribution is 6.06. The minimum Gasteiger partial charge on any atom is -0.486 e. The number of pyridine rings is 1. The number of carbonyl (C=O) groups is 1. The van der Waals surface area contributed by atoms with Crippen molar-refractivity contribution in [3.63, 3.8) is 0 Å². The second kappa shape index (κ2) is 6.33. The van der Waals surface area contributed by atoms with Gasteiger partial charge in [-0.05, 0) is 32.0 Å². The smallest absolute Gasteiger partial charge is 0.252 e. The summed E-state index contributed by atoms with van der Waals surface area (Å²) in [7, 11) is 1.83. The SMILES string of the molecule is Cc1cc(C(=O)NCC2COc3ccccc3O2)c2c(C)nn(C)c2n1. The van der Waals surface area contributed by atoms with E-state index in [0.717, 1.165) is 22.5 Å². The summed E-state index contributed by atoms with van der Waals surface area (Å²) in [6.07, 6.45) is -0.234. The van der Waals surface area contributed by atoms with E-state index in [2.05, 4.69) is 15.4 Å². The van der Waals surface area contributed by atoms with Crippen LogP contribution in [0.25, 0.3) is 11.0 Å². The number of amides is 1. The fraction of sp³-hybridized carbons (Fsp3) is 0.316. The van der Waals surface area contributed by atoms with Gasteiger partial charge in [-0.15, -0.1) is 0 Å². The maximum absolute atomic E-state index is 12.8. The summed E-state index contributed by atoms with van der Waals surface area (Å²) >= 11 is 0. The molecule has 4 rings (SSSR count). The van der Waals surface area contributed by atoms with E-state index in [-0.39, 0.29) is 12.0 Å². The van der Waals surface area contributed by atoms with E-state index in [9.17, 15) is 4.79 Å². The number of aromatic nitrogens is 3. The van der Waals surface area contributed by atoms with Crippen molar-refractivity contribution in [1.82, 2.24) is 20.1 Å². The van der Waals surface area contributed by atoms with Crippen molar-refractivity contribution in [2.45, 2.75) is 20.0 Å². The van der Waals surface area contributed by atoms with Crippen LogP contribution >= 0.6 is 0 Å². The monoisotopic (exact) mass is 352 g/mol. The van der Waals surface area contributed by atoms with Crippen LogP contribution < -0.4 is 14.8 Å². The summed E-state index contributed by atoms with van der Waals surface area (Å²) in [6, 6.07) is 9.31. The number of para-hydroxylation sites is 2. The van der Waals surface area contributed by atoms with E-state index < -0.39 is 0 Å². The fourth-order valence-electron chi connectivity index (χ4n) is 3.21. The summed E-state index contributed by atoms with van der Waals surface area (Å²) in [6.45, 7) is 4.50. The number of hydrogen-bond acceptors (Lipinski definition) is 5. The first kappa shape index (κ1) is 16.4. The van der Waals surface area contributed by atoms with Gasteiger partial charge < -0.3 is 14.8 Å². The Hall–Kier alpha value is -3.09. The van der Waals surface area contributed by atoms with E-state index in [1.54, 1.807) is 10.7 Å². The predicted octanol–water partition coefficient (Wildman–Crippen LogP) is 2.15. The largest absolute Gasteiger partial charge is 0.486 e. The van der Waals surface area contributed by atoms with Gasteiger partial charge in [0.25, 0.3) is 5.91 Å². The molecule has 1 unspecified atom stereocenters. The van der Waals surface area contributed by atoms with Crippen LogP contribution in [0, 0.1) is 13.8 Å². The zero-order valence-corrected chi connectivity index (χ0v) is 14.9. The molecular formula is C19H20N4O3. The predicted molar refractivity (Wildman–Crippen MR) is 96.7 cm³/mol. The van der Waals surface area contributed by atoms with Crippen LogP contribution in [0.15, 0.2) is 30.3 Å². The molecule has 0 bridgehead atoms. The third kappa shape index (κ3) is 2.85. The lowest BCUT2D eigenvalue weighted by Gasteiger charge is -2.26. The Morgan fingerprint density at radius 2 is 2.08 bits per heavy atom. The molecule has 0 spiro atoms. The molecule has 1 aliphatic heterocycles. The van der Waals surface area contributed by atoms with Crippen LogP contribution in [0.4, 0.5) is 0 Å². The average Bonchev–Trinajstić information content (AvgIpc) is 2.92. The molecule has 0 saturated carbocycles. The fourth-order valence-corrected chi connectivity index (χ4v) is 3.21. The van der Waals surface area contributed by atoms with Gasteiger partial charge in [0, 0.05) is 12.7 Å². The summed E-state index contributed by atoms with van der Waals surface area (Å²) in [5.74, 6) is 1.26. The molecular weight excluding hydrogens is 332 g/mol. The van der Waals surface area contributed by atoms with Gasteiger partial charge in [-0.3, -0.25) is 9.48 Å². The molecule has 0 fully saturated rings. The van der Waals surface area contributed by atoms with E-state index in [4.69, 9.17) is 9.47 Å². The Kier molecular flexibility index (Phi) is 3.99. The van der Waals surface area contributed by atoms with Crippen LogP contribution in [0.5, 0.6) is 11.5 Å². The molecule has 1 N–H and O–H groups in total. The molecule has 7 heteroatoms. The van der Waals surface area contributed by atoms with Gasteiger partial charge in [0.2, 0.25) is 0 Å². The number of ether oxygens (including phenoxy) is 2. The van der Waals surface area contributed by atoms with Crippen molar-refractivity contribution in [3.8, 4) is 11.5 Å². The van der Waals surface area contributed by atoms with Gasteiger partial charge in [0.05, 0.1) is 23.2 Å². The van der Waals surface area contributed by atoms with Gasteiger partial charge in [-0.25, -0.2) is 4.98 Å². The van der Waals surface area contributed by atoms with E-state index in [1.807, 2.05) is 45.2 Å². The first-order valence-electron chi connectivity index (χ1n) is 8.50. The number of hydrogen-bond donors (Lipinski definition) is 1. The zero-order chi connectivity index (χ0) is 18.3. The van der Waals surface area contributed by atoms with Crippen molar-refractivity contribution in [1.29, 1.82) is 0 Å². The van der Waals surface area contributed by atoms with Gasteiger partial charge in [-0.1, -0.05) is 12.1 Å². The molecule has 7 nitrogen and oxygen atoms in total. The molecule has 1 atom stereocenters. The van der Waals surface area contributed by atoms with Crippen LogP contribution in [0.1, 0.15) is 21.7 Å². The van der Waals surface area contributed by atoms with E-state index in [0.29, 0.717) is 30.1 Å². The molecule has 1 aromatic carbocycles. The normalized spacial score (nSPS) is 15.9. The minimum atomic E-state index is -0.234. The molecule has 134 valence electrons. The Morgan fingerprint density at radius 3 is 2.88 bits per heavy atom. The highest BCUT2D eigenvalue weighted by Gasteiger charge is 2.23. The summed E-state index contributed by atoms with van der Waals surface area (Å²) < 4.78 is 13.3. The lowest BCUT2D eigenvalue weighted by Crippen LogP contribution is -2.40. The van der Waals surface area contributed by atoms with Crippen LogP contribution in [-0.4, -0.2) is 39.9 Å². The Bertz CT molecular complexity index is 996. The molecule has 26 heavy (non-hydrogen) atoms. The number of carbonyl (C=O) groups excluding carboxylic acids is 1. The summed E-state index contributed by atoms with van der Waals surface area (Å²) in [4.78, 5) is 17.3. The van der Waals surface area contributed by atoms with Gasteiger partial charge in [0.1, 0.15) is 12.7 Å². The van der Waals surface area contributed by atoms with Crippen molar-refractivity contribution < 1.29 is 14.3 Å².